The molecular weight excluding hydrogens is 386 g/mol. The second-order valence-corrected chi connectivity index (χ2v) is 7.41. The lowest BCUT2D eigenvalue weighted by Gasteiger charge is -2.28. The number of aliphatic imine (C=N–C) groups is 1. The molecule has 9 heteroatoms. The molecule has 30 heavy (non-hydrogen) atoms. The average molecular weight is 413 g/mol. The van der Waals surface area contributed by atoms with Gasteiger partial charge >= 0.3 is 0 Å². The first-order chi connectivity index (χ1) is 14.7. The molecule has 0 spiro atoms. The molecule has 0 aliphatic carbocycles. The molecule has 0 radical (unpaired) electrons. The summed E-state index contributed by atoms with van der Waals surface area (Å²) in [5.41, 5.74) is 1.60. The molecule has 1 fully saturated rings. The Hall–Kier alpha value is -3.07. The topological polar surface area (TPSA) is 101 Å². The Labute approximate surface area is 175 Å². The minimum absolute atomic E-state index is 0.243. The van der Waals surface area contributed by atoms with Gasteiger partial charge in [-0.1, -0.05) is 12.8 Å². The second-order valence-electron chi connectivity index (χ2n) is 7.41. The van der Waals surface area contributed by atoms with Crippen LogP contribution in [0.4, 0.5) is 5.69 Å². The molecule has 2 aliphatic heterocycles. The number of rotatable bonds is 10. The monoisotopic (exact) mass is 413 g/mol. The first kappa shape index (κ1) is 20.2. The predicted octanol–water partition coefficient (Wildman–Crippen LogP) is 1.82. The van der Waals surface area contributed by atoms with Gasteiger partial charge in [0.1, 0.15) is 6.04 Å². The fourth-order valence-electron chi connectivity index (χ4n) is 3.84. The molecule has 160 valence electrons. The minimum atomic E-state index is -0.631. The molecule has 4 rings (SSSR count). The zero-order valence-electron chi connectivity index (χ0n) is 17.1. The number of fused-ring (bicyclic) bond motifs is 2. The SMILES string of the molecule is COc1c(OCCCCCCn2ccnc2)ccc2c1CN1C(=N2)NC(=O)C1CO. The number of benzene rings is 1. The molecule has 1 unspecified atom stereocenters. The van der Waals surface area contributed by atoms with Crippen LogP contribution in [0.25, 0.3) is 0 Å². The number of hydrogen-bond donors (Lipinski definition) is 2. The van der Waals surface area contributed by atoms with E-state index in [1.165, 1.54) is 0 Å². The van der Waals surface area contributed by atoms with Crippen molar-refractivity contribution in [3.63, 3.8) is 0 Å². The van der Waals surface area contributed by atoms with Crippen LogP contribution in [-0.2, 0) is 17.9 Å². The fraction of sp³-hybridized carbons (Fsp3) is 0.476. The Balaban J connectivity index is 1.32. The van der Waals surface area contributed by atoms with Crippen LogP contribution in [-0.4, -0.2) is 57.8 Å². The van der Waals surface area contributed by atoms with Crippen molar-refractivity contribution in [1.82, 2.24) is 19.8 Å². The van der Waals surface area contributed by atoms with Crippen LogP contribution in [0.5, 0.6) is 11.5 Å². The minimum Gasteiger partial charge on any atom is -0.492 e. The number of carbonyl (C=O) groups excluding carboxylic acids is 1. The van der Waals surface area contributed by atoms with Gasteiger partial charge in [-0.2, -0.15) is 0 Å². The van der Waals surface area contributed by atoms with E-state index in [1.807, 2.05) is 24.7 Å². The maximum absolute atomic E-state index is 12.0. The summed E-state index contributed by atoms with van der Waals surface area (Å²) in [6.45, 7) is 1.76. The molecule has 1 aromatic carbocycles. The number of imidazole rings is 1. The first-order valence-corrected chi connectivity index (χ1v) is 10.3. The lowest BCUT2D eigenvalue weighted by Crippen LogP contribution is -2.39. The number of hydrogen-bond acceptors (Lipinski definition) is 7. The van der Waals surface area contributed by atoms with E-state index in [0.717, 1.165) is 43.5 Å². The van der Waals surface area contributed by atoms with E-state index in [2.05, 4.69) is 19.9 Å². The number of aliphatic hydroxyl groups excluding tert-OH is 1. The molecule has 1 atom stereocenters. The first-order valence-electron chi connectivity index (χ1n) is 10.3. The van der Waals surface area contributed by atoms with Gasteiger partial charge in [-0.3, -0.25) is 10.1 Å². The van der Waals surface area contributed by atoms with Gasteiger partial charge in [0.25, 0.3) is 5.91 Å². The Morgan fingerprint density at radius 3 is 2.90 bits per heavy atom. The number of aliphatic hydroxyl groups is 1. The van der Waals surface area contributed by atoms with Crippen molar-refractivity contribution in [3.05, 3.63) is 36.4 Å². The van der Waals surface area contributed by atoms with Crippen LogP contribution >= 0.6 is 0 Å². The highest BCUT2D eigenvalue weighted by molar-refractivity contribution is 6.08. The normalized spacial score (nSPS) is 17.3. The molecule has 3 heterocycles. The Bertz CT molecular complexity index is 912. The summed E-state index contributed by atoms with van der Waals surface area (Å²) in [4.78, 5) is 22.3. The number of carbonyl (C=O) groups is 1. The van der Waals surface area contributed by atoms with E-state index in [-0.39, 0.29) is 12.5 Å². The summed E-state index contributed by atoms with van der Waals surface area (Å²) >= 11 is 0. The van der Waals surface area contributed by atoms with Gasteiger partial charge in [0.2, 0.25) is 5.96 Å². The molecule has 2 N–H and O–H groups in total. The van der Waals surface area contributed by atoms with E-state index in [9.17, 15) is 9.90 Å². The van der Waals surface area contributed by atoms with E-state index >= 15 is 0 Å². The second kappa shape index (κ2) is 9.17. The maximum atomic E-state index is 12.0. The summed E-state index contributed by atoms with van der Waals surface area (Å²) in [5.74, 6) is 1.53. The largest absolute Gasteiger partial charge is 0.492 e. The third-order valence-electron chi connectivity index (χ3n) is 5.44. The zero-order valence-corrected chi connectivity index (χ0v) is 17.1. The lowest BCUT2D eigenvalue weighted by atomic mass is 10.1. The maximum Gasteiger partial charge on any atom is 0.251 e. The average Bonchev–Trinajstić information content (AvgIpc) is 3.37. The number of aryl methyl sites for hydroxylation is 1. The van der Waals surface area contributed by atoms with E-state index < -0.39 is 6.04 Å². The van der Waals surface area contributed by atoms with Crippen LogP contribution in [0.1, 0.15) is 31.2 Å². The van der Waals surface area contributed by atoms with Crippen molar-refractivity contribution in [2.45, 2.75) is 44.8 Å². The van der Waals surface area contributed by atoms with Crippen molar-refractivity contribution in [2.24, 2.45) is 4.99 Å². The van der Waals surface area contributed by atoms with Crippen molar-refractivity contribution in [3.8, 4) is 11.5 Å². The number of methoxy groups -OCH3 is 1. The van der Waals surface area contributed by atoms with Crippen LogP contribution in [0.15, 0.2) is 35.8 Å². The van der Waals surface area contributed by atoms with Gasteiger partial charge in [0, 0.05) is 24.5 Å². The molecule has 2 aromatic rings. The Morgan fingerprint density at radius 1 is 1.27 bits per heavy atom. The van der Waals surface area contributed by atoms with Gasteiger partial charge in [-0.05, 0) is 25.0 Å². The highest BCUT2D eigenvalue weighted by Crippen LogP contribution is 2.41. The quantitative estimate of drug-likeness (QED) is 0.576. The number of guanidine groups is 1. The van der Waals surface area contributed by atoms with Crippen LogP contribution in [0.3, 0.4) is 0 Å². The van der Waals surface area contributed by atoms with Gasteiger partial charge in [0.15, 0.2) is 11.5 Å². The highest BCUT2D eigenvalue weighted by Gasteiger charge is 2.39. The van der Waals surface area contributed by atoms with E-state index in [0.29, 0.717) is 30.6 Å². The molecule has 0 saturated carbocycles. The van der Waals surface area contributed by atoms with Gasteiger partial charge in [0.05, 0.1) is 38.9 Å². The summed E-state index contributed by atoms with van der Waals surface area (Å²) in [6, 6.07) is 3.10. The van der Waals surface area contributed by atoms with Crippen molar-refractivity contribution in [2.75, 3.05) is 20.3 Å². The van der Waals surface area contributed by atoms with Crippen LogP contribution < -0.4 is 14.8 Å². The standard InChI is InChI=1S/C21H27N5O4/c1-29-19-15-12-26-17(13-27)20(28)24-21(26)23-16(15)6-7-18(19)30-11-5-3-2-4-9-25-10-8-22-14-25/h6-8,10,14,17,27H,2-5,9,11-13H2,1H3,(H,23,24,28). The number of amides is 1. The van der Waals surface area contributed by atoms with Crippen molar-refractivity contribution in [1.29, 1.82) is 0 Å². The van der Waals surface area contributed by atoms with Gasteiger partial charge in [-0.15, -0.1) is 0 Å². The van der Waals surface area contributed by atoms with Crippen LogP contribution in [0, 0.1) is 0 Å². The van der Waals surface area contributed by atoms with Crippen molar-refractivity contribution < 1.29 is 19.4 Å². The van der Waals surface area contributed by atoms with Gasteiger partial charge < -0.3 is 24.0 Å². The van der Waals surface area contributed by atoms with Crippen molar-refractivity contribution >= 4 is 17.6 Å². The zero-order chi connectivity index (χ0) is 20.9. The number of ether oxygens (including phenoxy) is 2. The van der Waals surface area contributed by atoms with E-state index in [4.69, 9.17) is 9.47 Å². The molecule has 0 bridgehead atoms. The summed E-state index contributed by atoms with van der Waals surface area (Å²) < 4.78 is 13.7. The fourth-order valence-corrected chi connectivity index (χ4v) is 3.84. The predicted molar refractivity (Wildman–Crippen MR) is 111 cm³/mol. The van der Waals surface area contributed by atoms with Gasteiger partial charge in [-0.25, -0.2) is 9.98 Å². The smallest absolute Gasteiger partial charge is 0.251 e. The number of aromatic nitrogens is 2. The number of nitrogens with one attached hydrogen (secondary N) is 1. The molecule has 1 amide bonds. The Morgan fingerprint density at radius 2 is 2.13 bits per heavy atom. The summed E-state index contributed by atoms with van der Waals surface area (Å²) in [5, 5.41) is 12.3. The molecule has 1 saturated heterocycles. The third kappa shape index (κ3) is 4.11. The molecule has 9 nitrogen and oxygen atoms in total. The Kier molecular flexibility index (Phi) is 6.18. The number of unbranched alkanes of at least 4 members (excludes halogenated alkanes) is 3. The van der Waals surface area contributed by atoms with E-state index in [1.54, 1.807) is 18.2 Å². The molecular formula is C21H27N5O4. The molecule has 1 aromatic heterocycles. The summed E-state index contributed by atoms with van der Waals surface area (Å²) in [7, 11) is 1.61. The third-order valence-corrected chi connectivity index (χ3v) is 5.44. The molecule has 2 aliphatic rings. The summed E-state index contributed by atoms with van der Waals surface area (Å²) in [6.07, 6.45) is 9.93. The lowest BCUT2D eigenvalue weighted by molar-refractivity contribution is -0.122. The van der Waals surface area contributed by atoms with Crippen LogP contribution in [0.2, 0.25) is 0 Å². The highest BCUT2D eigenvalue weighted by atomic mass is 16.5. The number of nitrogens with zero attached hydrogens (tertiary/aromatic N) is 4.